The molecule has 1 aromatic heterocycles. The highest BCUT2D eigenvalue weighted by molar-refractivity contribution is 5.92. The number of amides is 2. The standard InChI is InChI=1S/C26H29N3O3/c1-4-15-29(26(31)27-23-13-11-22(12-14-23)25(30)32-5-2)19-24-10-7-16-28(24)18-21-9-6-8-20(3)17-21/h4,6-14,16-17H,1,5,15,18-19H2,2-3H3,(H,27,31). The maximum absolute atomic E-state index is 12.9. The summed E-state index contributed by atoms with van der Waals surface area (Å²) in [5.41, 5.74) is 4.51. The smallest absolute Gasteiger partial charge is 0.338 e. The Labute approximate surface area is 189 Å². The van der Waals surface area contributed by atoms with Crippen molar-refractivity contribution in [2.24, 2.45) is 0 Å². The minimum Gasteiger partial charge on any atom is -0.462 e. The van der Waals surface area contributed by atoms with Crippen molar-refractivity contribution in [2.45, 2.75) is 26.9 Å². The van der Waals surface area contributed by atoms with E-state index in [2.05, 4.69) is 47.7 Å². The highest BCUT2D eigenvalue weighted by Crippen LogP contribution is 2.15. The monoisotopic (exact) mass is 431 g/mol. The van der Waals surface area contributed by atoms with E-state index in [4.69, 9.17) is 4.74 Å². The molecular formula is C26H29N3O3. The number of benzene rings is 2. The molecule has 2 amide bonds. The van der Waals surface area contributed by atoms with Crippen molar-refractivity contribution in [3.05, 3.63) is 102 Å². The Balaban J connectivity index is 1.68. The number of ether oxygens (including phenoxy) is 1. The number of rotatable bonds is 9. The quantitative estimate of drug-likeness (QED) is 0.372. The van der Waals surface area contributed by atoms with Crippen LogP contribution in [0.4, 0.5) is 10.5 Å². The average Bonchev–Trinajstić information content (AvgIpc) is 3.20. The van der Waals surface area contributed by atoms with Crippen molar-refractivity contribution in [1.82, 2.24) is 9.47 Å². The summed E-state index contributed by atoms with van der Waals surface area (Å²) >= 11 is 0. The lowest BCUT2D eigenvalue weighted by Crippen LogP contribution is -2.35. The zero-order valence-corrected chi connectivity index (χ0v) is 18.6. The molecule has 0 aliphatic carbocycles. The second-order valence-electron chi connectivity index (χ2n) is 7.51. The molecule has 3 rings (SSSR count). The molecule has 0 radical (unpaired) electrons. The van der Waals surface area contributed by atoms with E-state index in [1.54, 1.807) is 42.2 Å². The van der Waals surface area contributed by atoms with E-state index in [-0.39, 0.29) is 12.0 Å². The molecule has 6 heteroatoms. The lowest BCUT2D eigenvalue weighted by molar-refractivity contribution is 0.0526. The highest BCUT2D eigenvalue weighted by Gasteiger charge is 2.15. The molecule has 166 valence electrons. The second kappa shape index (κ2) is 11.0. The van der Waals surface area contributed by atoms with E-state index < -0.39 is 0 Å². The van der Waals surface area contributed by atoms with Crippen molar-refractivity contribution < 1.29 is 14.3 Å². The van der Waals surface area contributed by atoms with Gasteiger partial charge in [0.2, 0.25) is 0 Å². The number of carbonyl (C=O) groups excluding carboxylic acids is 2. The summed E-state index contributed by atoms with van der Waals surface area (Å²) in [4.78, 5) is 26.4. The summed E-state index contributed by atoms with van der Waals surface area (Å²) in [6.45, 7) is 9.53. The number of aryl methyl sites for hydroxylation is 1. The fourth-order valence-electron chi connectivity index (χ4n) is 3.43. The molecule has 0 saturated heterocycles. The summed E-state index contributed by atoms with van der Waals surface area (Å²) in [7, 11) is 0. The fourth-order valence-corrected chi connectivity index (χ4v) is 3.43. The number of nitrogens with one attached hydrogen (secondary N) is 1. The maximum atomic E-state index is 12.9. The van der Waals surface area contributed by atoms with Crippen LogP contribution in [0.2, 0.25) is 0 Å². The van der Waals surface area contributed by atoms with Crippen molar-refractivity contribution in [2.75, 3.05) is 18.5 Å². The van der Waals surface area contributed by atoms with Crippen molar-refractivity contribution in [3.63, 3.8) is 0 Å². The van der Waals surface area contributed by atoms with E-state index in [0.29, 0.717) is 30.9 Å². The highest BCUT2D eigenvalue weighted by atomic mass is 16.5. The minimum atomic E-state index is -0.381. The number of esters is 1. The lowest BCUT2D eigenvalue weighted by atomic mass is 10.1. The topological polar surface area (TPSA) is 63.6 Å². The third-order valence-corrected chi connectivity index (χ3v) is 5.00. The molecule has 1 N–H and O–H groups in total. The van der Waals surface area contributed by atoms with Crippen LogP contribution in [0.3, 0.4) is 0 Å². The molecule has 3 aromatic rings. The van der Waals surface area contributed by atoms with Gasteiger partial charge in [-0.25, -0.2) is 9.59 Å². The largest absolute Gasteiger partial charge is 0.462 e. The molecule has 0 aliphatic rings. The van der Waals surface area contributed by atoms with Crippen LogP contribution >= 0.6 is 0 Å². The molecule has 0 unspecified atom stereocenters. The Kier molecular flexibility index (Phi) is 7.86. The van der Waals surface area contributed by atoms with Crippen molar-refractivity contribution in [1.29, 1.82) is 0 Å². The van der Waals surface area contributed by atoms with Gasteiger partial charge in [0.1, 0.15) is 0 Å². The van der Waals surface area contributed by atoms with Gasteiger partial charge in [-0.3, -0.25) is 0 Å². The molecule has 0 saturated carbocycles. The zero-order chi connectivity index (χ0) is 22.9. The van der Waals surface area contributed by atoms with E-state index >= 15 is 0 Å². The van der Waals surface area contributed by atoms with Gasteiger partial charge in [-0.05, 0) is 55.8 Å². The summed E-state index contributed by atoms with van der Waals surface area (Å²) < 4.78 is 7.14. The normalized spacial score (nSPS) is 10.4. The van der Waals surface area contributed by atoms with Crippen LogP contribution in [0.5, 0.6) is 0 Å². The van der Waals surface area contributed by atoms with Gasteiger partial charge in [-0.1, -0.05) is 35.9 Å². The number of anilines is 1. The zero-order valence-electron chi connectivity index (χ0n) is 18.6. The number of aromatic nitrogens is 1. The summed E-state index contributed by atoms with van der Waals surface area (Å²) in [6.07, 6.45) is 3.73. The summed E-state index contributed by atoms with van der Waals surface area (Å²) in [6, 6.07) is 18.8. The van der Waals surface area contributed by atoms with Crippen LogP contribution in [0.25, 0.3) is 0 Å². The second-order valence-corrected chi connectivity index (χ2v) is 7.51. The number of hydrogen-bond acceptors (Lipinski definition) is 3. The first-order valence-electron chi connectivity index (χ1n) is 10.6. The lowest BCUT2D eigenvalue weighted by Gasteiger charge is -2.23. The third-order valence-electron chi connectivity index (χ3n) is 5.00. The first-order valence-corrected chi connectivity index (χ1v) is 10.6. The predicted molar refractivity (Wildman–Crippen MR) is 127 cm³/mol. The summed E-state index contributed by atoms with van der Waals surface area (Å²) in [5.74, 6) is -0.381. The van der Waals surface area contributed by atoms with Gasteiger partial charge >= 0.3 is 12.0 Å². The van der Waals surface area contributed by atoms with Gasteiger partial charge in [-0.2, -0.15) is 0 Å². The fraction of sp³-hybridized carbons (Fsp3) is 0.231. The number of carbonyl (C=O) groups is 2. The van der Waals surface area contributed by atoms with Crippen LogP contribution in [0.1, 0.15) is 34.1 Å². The SMILES string of the molecule is C=CCN(Cc1cccn1Cc1cccc(C)c1)C(=O)Nc1ccc(C(=O)OCC)cc1. The molecule has 0 bridgehead atoms. The van der Waals surface area contributed by atoms with Crippen LogP contribution in [-0.4, -0.2) is 34.6 Å². The Morgan fingerprint density at radius 2 is 1.91 bits per heavy atom. The molecule has 32 heavy (non-hydrogen) atoms. The number of nitrogens with zero attached hydrogens (tertiary/aromatic N) is 2. The Bertz CT molecular complexity index is 1070. The van der Waals surface area contributed by atoms with E-state index in [9.17, 15) is 9.59 Å². The van der Waals surface area contributed by atoms with Crippen molar-refractivity contribution in [3.8, 4) is 0 Å². The van der Waals surface area contributed by atoms with E-state index in [1.165, 1.54) is 11.1 Å². The number of hydrogen-bond donors (Lipinski definition) is 1. The van der Waals surface area contributed by atoms with E-state index in [0.717, 1.165) is 12.2 Å². The first-order chi connectivity index (χ1) is 15.5. The van der Waals surface area contributed by atoms with Crippen LogP contribution in [0, 0.1) is 6.92 Å². The first kappa shape index (κ1) is 22.9. The molecule has 1 heterocycles. The van der Waals surface area contributed by atoms with Gasteiger partial charge < -0.3 is 19.5 Å². The molecular weight excluding hydrogens is 402 g/mol. The van der Waals surface area contributed by atoms with Crippen LogP contribution in [-0.2, 0) is 17.8 Å². The Morgan fingerprint density at radius 1 is 1.12 bits per heavy atom. The molecule has 6 nitrogen and oxygen atoms in total. The Morgan fingerprint density at radius 3 is 2.59 bits per heavy atom. The number of urea groups is 1. The average molecular weight is 432 g/mol. The van der Waals surface area contributed by atoms with Gasteiger partial charge in [0, 0.05) is 30.7 Å². The van der Waals surface area contributed by atoms with Gasteiger partial charge in [0.05, 0.1) is 18.7 Å². The van der Waals surface area contributed by atoms with Gasteiger partial charge in [0.25, 0.3) is 0 Å². The van der Waals surface area contributed by atoms with E-state index in [1.807, 2.05) is 18.3 Å². The Hall–Kier alpha value is -3.80. The molecule has 0 aliphatic heterocycles. The van der Waals surface area contributed by atoms with Gasteiger partial charge in [0.15, 0.2) is 0 Å². The van der Waals surface area contributed by atoms with Crippen LogP contribution in [0.15, 0.2) is 79.5 Å². The van der Waals surface area contributed by atoms with Crippen molar-refractivity contribution >= 4 is 17.7 Å². The minimum absolute atomic E-state index is 0.239. The maximum Gasteiger partial charge on any atom is 0.338 e. The molecule has 2 aromatic carbocycles. The molecule has 0 atom stereocenters. The molecule has 0 spiro atoms. The summed E-state index contributed by atoms with van der Waals surface area (Å²) in [5, 5.41) is 2.89. The molecule has 0 fully saturated rings. The van der Waals surface area contributed by atoms with Crippen LogP contribution < -0.4 is 5.32 Å². The predicted octanol–water partition coefficient (Wildman–Crippen LogP) is 5.24. The third kappa shape index (κ3) is 6.11. The van der Waals surface area contributed by atoms with Gasteiger partial charge in [-0.15, -0.1) is 6.58 Å².